The summed E-state index contributed by atoms with van der Waals surface area (Å²) in [4.78, 5) is 35.1. The van der Waals surface area contributed by atoms with Crippen LogP contribution in [0.3, 0.4) is 0 Å². The van der Waals surface area contributed by atoms with E-state index in [1.807, 2.05) is 0 Å². The number of carboxylic acids is 1. The molecule has 0 bridgehead atoms. The van der Waals surface area contributed by atoms with Crippen molar-refractivity contribution in [3.05, 3.63) is 12.7 Å². The highest BCUT2D eigenvalue weighted by Crippen LogP contribution is 2.32. The summed E-state index contributed by atoms with van der Waals surface area (Å²) in [6.45, 7) is 0. The first-order chi connectivity index (χ1) is 13.4. The van der Waals surface area contributed by atoms with E-state index >= 15 is 0 Å². The van der Waals surface area contributed by atoms with Crippen molar-refractivity contribution in [1.29, 1.82) is 0 Å². The Balaban J connectivity index is 1.67. The first kappa shape index (κ1) is 20.0. The molecule has 0 saturated heterocycles. The van der Waals surface area contributed by atoms with Gasteiger partial charge < -0.3 is 30.5 Å². The molecule has 11 nitrogen and oxygen atoms in total. The number of aliphatic carboxylic acids is 1. The van der Waals surface area contributed by atoms with Crippen molar-refractivity contribution in [3.63, 3.8) is 0 Å². The van der Waals surface area contributed by atoms with Gasteiger partial charge in [0.05, 0.1) is 18.4 Å². The van der Waals surface area contributed by atoms with Gasteiger partial charge in [-0.1, -0.05) is 0 Å². The molecule has 11 heteroatoms. The number of hydrogen-bond acceptors (Lipinski definition) is 8. The van der Waals surface area contributed by atoms with Crippen LogP contribution in [-0.4, -0.2) is 72.0 Å². The Morgan fingerprint density at radius 2 is 1.96 bits per heavy atom. The first-order valence-electron chi connectivity index (χ1n) is 9.15. The Hall–Kier alpha value is -2.79. The molecular formula is C17H24N6O5. The molecule has 1 fully saturated rings. The molecule has 28 heavy (non-hydrogen) atoms. The smallest absolute Gasteiger partial charge is 0.303 e. The summed E-state index contributed by atoms with van der Waals surface area (Å²) in [5, 5.41) is 35.4. The minimum Gasteiger partial charge on any atom is -0.481 e. The number of aromatic nitrogens is 4. The fraction of sp³-hybridized carbons (Fsp3) is 0.588. The van der Waals surface area contributed by atoms with Gasteiger partial charge in [-0.15, -0.1) is 0 Å². The van der Waals surface area contributed by atoms with Gasteiger partial charge in [0.1, 0.15) is 24.1 Å². The number of carbonyl (C=O) groups excluding carboxylic acids is 1. The Bertz CT molecular complexity index is 856. The van der Waals surface area contributed by atoms with Gasteiger partial charge in [0.15, 0.2) is 11.5 Å². The number of anilines is 1. The van der Waals surface area contributed by atoms with Gasteiger partial charge in [-0.05, 0) is 19.3 Å². The molecule has 1 saturated carbocycles. The quantitative estimate of drug-likeness (QED) is 0.424. The molecule has 0 aromatic carbocycles. The third-order valence-electron chi connectivity index (χ3n) is 5.02. The van der Waals surface area contributed by atoms with Crippen molar-refractivity contribution in [2.45, 2.75) is 56.4 Å². The predicted octanol–water partition coefficient (Wildman–Crippen LogP) is -0.336. The molecule has 0 aliphatic heterocycles. The molecule has 1 aliphatic carbocycles. The average molecular weight is 392 g/mol. The van der Waals surface area contributed by atoms with E-state index in [2.05, 4.69) is 25.6 Å². The maximum absolute atomic E-state index is 12.0. The molecular weight excluding hydrogens is 368 g/mol. The summed E-state index contributed by atoms with van der Waals surface area (Å²) in [5.74, 6) is -0.724. The van der Waals surface area contributed by atoms with Crippen molar-refractivity contribution in [2.75, 3.05) is 12.4 Å². The molecule has 4 atom stereocenters. The number of carbonyl (C=O) groups is 2. The van der Waals surface area contributed by atoms with Crippen LogP contribution in [0.1, 0.15) is 38.1 Å². The third kappa shape index (κ3) is 4.04. The normalized spacial score (nSPS) is 24.8. The fourth-order valence-electron chi connectivity index (χ4n) is 3.58. The minimum atomic E-state index is -1.16. The highest BCUT2D eigenvalue weighted by Gasteiger charge is 2.39. The van der Waals surface area contributed by atoms with Gasteiger partial charge in [0, 0.05) is 19.9 Å². The molecule has 1 aliphatic rings. The molecule has 0 radical (unpaired) electrons. The van der Waals surface area contributed by atoms with Crippen LogP contribution in [0, 0.1) is 0 Å². The Morgan fingerprint density at radius 3 is 2.68 bits per heavy atom. The highest BCUT2D eigenvalue weighted by molar-refractivity contribution is 5.82. The van der Waals surface area contributed by atoms with Gasteiger partial charge in [0.2, 0.25) is 5.91 Å². The van der Waals surface area contributed by atoms with Crippen molar-refractivity contribution < 1.29 is 24.9 Å². The van der Waals surface area contributed by atoms with Crippen LogP contribution in [-0.2, 0) is 9.59 Å². The molecule has 0 unspecified atom stereocenters. The first-order valence-corrected chi connectivity index (χ1v) is 9.15. The van der Waals surface area contributed by atoms with Gasteiger partial charge in [-0.25, -0.2) is 15.0 Å². The number of hydrogen-bond donors (Lipinski definition) is 5. The largest absolute Gasteiger partial charge is 0.481 e. The number of rotatable bonds is 7. The summed E-state index contributed by atoms with van der Waals surface area (Å²) < 4.78 is 1.72. The lowest BCUT2D eigenvalue weighted by Gasteiger charge is -2.38. The minimum absolute atomic E-state index is 0.0604. The molecule has 1 amide bonds. The number of amides is 1. The Labute approximate surface area is 160 Å². The van der Waals surface area contributed by atoms with Gasteiger partial charge in [-0.2, -0.15) is 0 Å². The molecule has 3 rings (SSSR count). The fourth-order valence-corrected chi connectivity index (χ4v) is 3.58. The van der Waals surface area contributed by atoms with Crippen molar-refractivity contribution in [3.8, 4) is 0 Å². The van der Waals surface area contributed by atoms with Crippen LogP contribution in [0.25, 0.3) is 11.2 Å². The number of imidazole rings is 1. The Morgan fingerprint density at radius 1 is 1.18 bits per heavy atom. The van der Waals surface area contributed by atoms with Crippen molar-refractivity contribution in [2.24, 2.45) is 0 Å². The zero-order valence-electron chi connectivity index (χ0n) is 15.4. The topological polar surface area (TPSA) is 162 Å². The van der Waals surface area contributed by atoms with E-state index in [1.165, 1.54) is 6.33 Å². The molecule has 5 N–H and O–H groups in total. The van der Waals surface area contributed by atoms with E-state index in [0.29, 0.717) is 29.8 Å². The van der Waals surface area contributed by atoms with E-state index in [-0.39, 0.29) is 25.2 Å². The third-order valence-corrected chi connectivity index (χ3v) is 5.02. The molecule has 2 heterocycles. The SMILES string of the molecule is CNc1ncnc2c1ncn2[C@@H]1CC[C@@H](NC(=O)CCCC(=O)O)[C@@H](O)[C@@H]1O. The van der Waals surface area contributed by atoms with Gasteiger partial charge in [-0.3, -0.25) is 9.59 Å². The highest BCUT2D eigenvalue weighted by atomic mass is 16.4. The second-order valence-electron chi connectivity index (χ2n) is 6.84. The lowest BCUT2D eigenvalue weighted by atomic mass is 9.85. The number of nitrogens with one attached hydrogen (secondary N) is 2. The zero-order chi connectivity index (χ0) is 20.3. The molecule has 152 valence electrons. The van der Waals surface area contributed by atoms with E-state index in [4.69, 9.17) is 5.11 Å². The molecule has 2 aromatic heterocycles. The lowest BCUT2D eigenvalue weighted by Crippen LogP contribution is -2.54. The number of aliphatic hydroxyl groups is 2. The maximum atomic E-state index is 12.0. The number of aliphatic hydroxyl groups excluding tert-OH is 2. The van der Waals surface area contributed by atoms with Crippen LogP contribution < -0.4 is 10.6 Å². The van der Waals surface area contributed by atoms with E-state index in [1.54, 1.807) is 17.9 Å². The van der Waals surface area contributed by atoms with Crippen molar-refractivity contribution >= 4 is 28.9 Å². The maximum Gasteiger partial charge on any atom is 0.303 e. The number of nitrogens with zero attached hydrogens (tertiary/aromatic N) is 4. The lowest BCUT2D eigenvalue weighted by molar-refractivity contribution is -0.137. The molecule has 2 aromatic rings. The van der Waals surface area contributed by atoms with Gasteiger partial charge >= 0.3 is 5.97 Å². The second-order valence-corrected chi connectivity index (χ2v) is 6.84. The van der Waals surface area contributed by atoms with Crippen molar-refractivity contribution in [1.82, 2.24) is 24.8 Å². The number of fused-ring (bicyclic) bond motifs is 1. The molecule has 0 spiro atoms. The zero-order valence-corrected chi connectivity index (χ0v) is 15.4. The number of carboxylic acid groups (broad SMARTS) is 1. The predicted molar refractivity (Wildman–Crippen MR) is 98.6 cm³/mol. The van der Waals surface area contributed by atoms with E-state index in [0.717, 1.165) is 0 Å². The Kier molecular flexibility index (Phi) is 6.05. The second kappa shape index (κ2) is 8.48. The van der Waals surface area contributed by atoms with E-state index in [9.17, 15) is 19.8 Å². The summed E-state index contributed by atoms with van der Waals surface area (Å²) in [7, 11) is 1.73. The van der Waals surface area contributed by atoms with Crippen LogP contribution in [0.5, 0.6) is 0 Å². The van der Waals surface area contributed by atoms with Gasteiger partial charge in [0.25, 0.3) is 0 Å². The summed E-state index contributed by atoms with van der Waals surface area (Å²) in [5.41, 5.74) is 1.12. The summed E-state index contributed by atoms with van der Waals surface area (Å²) >= 11 is 0. The summed E-state index contributed by atoms with van der Waals surface area (Å²) in [6, 6.07) is -1.04. The van der Waals surface area contributed by atoms with Crippen LogP contribution in [0.4, 0.5) is 5.82 Å². The van der Waals surface area contributed by atoms with E-state index < -0.39 is 30.3 Å². The summed E-state index contributed by atoms with van der Waals surface area (Å²) in [6.07, 6.45) is 1.84. The van der Waals surface area contributed by atoms with Crippen LogP contribution >= 0.6 is 0 Å². The standard InChI is InChI=1S/C17H24N6O5/c1-18-16-13-17(20-7-19-16)23(8-21-13)10-6-5-9(14(27)15(10)28)22-11(24)3-2-4-12(25)26/h7-10,14-15,27-28H,2-6H2,1H3,(H,22,24)(H,25,26)(H,18,19,20)/t9-,10-,14-,15-/m1/s1. The van der Waals surface area contributed by atoms with Crippen LogP contribution in [0.2, 0.25) is 0 Å². The van der Waals surface area contributed by atoms with Crippen LogP contribution in [0.15, 0.2) is 12.7 Å². The average Bonchev–Trinajstić information content (AvgIpc) is 3.09. The monoisotopic (exact) mass is 392 g/mol.